The molecule has 8 heteroatoms. The Bertz CT molecular complexity index is 794. The molecule has 2 rings (SSSR count). The largest absolute Gasteiger partial charge is 0.495 e. The Morgan fingerprint density at radius 1 is 1.24 bits per heavy atom. The number of rotatable bonds is 6. The molecule has 0 saturated carbocycles. The number of halogens is 1. The molecule has 2 aromatic rings. The molecule has 0 aliphatic carbocycles. The molecule has 2 amide bonds. The van der Waals surface area contributed by atoms with Crippen LogP contribution in [0.4, 0.5) is 5.69 Å². The fraction of sp³-hybridized carbons (Fsp3) is 0.118. The van der Waals surface area contributed by atoms with Crippen LogP contribution in [0.3, 0.4) is 0 Å². The number of nitrogens with zero attached hydrogens (tertiary/aromatic N) is 1. The maximum atomic E-state index is 12.0. The lowest BCUT2D eigenvalue weighted by Gasteiger charge is -2.09. The van der Waals surface area contributed by atoms with Crippen molar-refractivity contribution in [2.75, 3.05) is 12.4 Å². The van der Waals surface area contributed by atoms with Crippen molar-refractivity contribution in [3.05, 3.63) is 65.1 Å². The average molecular weight is 361 g/mol. The van der Waals surface area contributed by atoms with Gasteiger partial charge in [-0.15, -0.1) is 0 Å². The van der Waals surface area contributed by atoms with E-state index in [1.165, 1.54) is 19.4 Å². The second kappa shape index (κ2) is 8.70. The van der Waals surface area contributed by atoms with Crippen molar-refractivity contribution >= 4 is 29.1 Å². The number of aromatic nitrogens is 1. The number of methoxy groups -OCH3 is 1. The van der Waals surface area contributed by atoms with Gasteiger partial charge in [0.05, 0.1) is 17.7 Å². The number of benzene rings is 1. The minimum absolute atomic E-state index is 0.358. The first-order valence-electron chi connectivity index (χ1n) is 7.29. The lowest BCUT2D eigenvalue weighted by Crippen LogP contribution is -2.36. The van der Waals surface area contributed by atoms with Gasteiger partial charge in [-0.05, 0) is 37.3 Å². The van der Waals surface area contributed by atoms with E-state index in [9.17, 15) is 9.59 Å². The number of ether oxygens (including phenoxy) is 1. The topological polar surface area (TPSA) is 92.4 Å². The Labute approximate surface area is 150 Å². The van der Waals surface area contributed by atoms with E-state index in [1.807, 2.05) is 0 Å². The van der Waals surface area contributed by atoms with Crippen molar-refractivity contribution in [3.8, 4) is 5.75 Å². The first-order valence-corrected chi connectivity index (χ1v) is 7.66. The van der Waals surface area contributed by atoms with Crippen LogP contribution in [-0.4, -0.2) is 23.9 Å². The summed E-state index contributed by atoms with van der Waals surface area (Å²) in [6.45, 7) is 1.64. The molecule has 0 saturated heterocycles. The Hall–Kier alpha value is -3.06. The molecule has 130 valence electrons. The van der Waals surface area contributed by atoms with Gasteiger partial charge in [0.15, 0.2) is 0 Å². The van der Waals surface area contributed by atoms with E-state index in [4.69, 9.17) is 16.3 Å². The van der Waals surface area contributed by atoms with E-state index < -0.39 is 0 Å². The molecule has 0 spiro atoms. The second-order valence-corrected chi connectivity index (χ2v) is 5.39. The minimum atomic E-state index is -0.373. The molecule has 25 heavy (non-hydrogen) atoms. The third-order valence-corrected chi connectivity index (χ3v) is 3.36. The zero-order valence-electron chi connectivity index (χ0n) is 13.7. The fourth-order valence-electron chi connectivity index (χ4n) is 1.88. The van der Waals surface area contributed by atoms with Crippen LogP contribution in [0.5, 0.6) is 5.75 Å². The molecule has 1 aromatic heterocycles. The number of allylic oxidation sites excluding steroid dienone is 1. The van der Waals surface area contributed by atoms with Crippen molar-refractivity contribution in [2.45, 2.75) is 6.92 Å². The van der Waals surface area contributed by atoms with Gasteiger partial charge in [-0.3, -0.25) is 20.0 Å². The average Bonchev–Trinajstić information content (AvgIpc) is 2.60. The highest BCUT2D eigenvalue weighted by Gasteiger charge is 2.06. The van der Waals surface area contributed by atoms with Gasteiger partial charge in [-0.25, -0.2) is 0 Å². The lowest BCUT2D eigenvalue weighted by molar-refractivity contribution is -0.112. The third-order valence-electron chi connectivity index (χ3n) is 3.06. The van der Waals surface area contributed by atoms with Gasteiger partial charge in [-0.2, -0.15) is 0 Å². The molecule has 0 bridgehead atoms. The minimum Gasteiger partial charge on any atom is -0.495 e. The quantitative estimate of drug-likeness (QED) is 0.543. The van der Waals surface area contributed by atoms with Gasteiger partial charge in [0, 0.05) is 29.9 Å². The molecule has 1 aromatic carbocycles. The van der Waals surface area contributed by atoms with Crippen molar-refractivity contribution in [1.29, 1.82) is 0 Å². The van der Waals surface area contributed by atoms with Crippen LogP contribution in [0.15, 0.2) is 54.5 Å². The number of anilines is 1. The van der Waals surface area contributed by atoms with Crippen molar-refractivity contribution in [2.24, 2.45) is 0 Å². The van der Waals surface area contributed by atoms with Crippen LogP contribution in [-0.2, 0) is 4.79 Å². The Morgan fingerprint density at radius 2 is 2.04 bits per heavy atom. The van der Waals surface area contributed by atoms with E-state index >= 15 is 0 Å². The molecule has 0 fully saturated rings. The zero-order chi connectivity index (χ0) is 18.2. The van der Waals surface area contributed by atoms with Crippen molar-refractivity contribution < 1.29 is 14.3 Å². The van der Waals surface area contributed by atoms with E-state index in [1.54, 1.807) is 43.5 Å². The SMILES string of the molecule is COc1ccc(NC(=O)/C=C(/C)NNC(=O)c2cccnc2)cc1Cl. The fourth-order valence-corrected chi connectivity index (χ4v) is 2.14. The number of hydrogen-bond acceptors (Lipinski definition) is 5. The highest BCUT2D eigenvalue weighted by molar-refractivity contribution is 6.32. The molecule has 3 N–H and O–H groups in total. The van der Waals surface area contributed by atoms with Gasteiger partial charge in [0.25, 0.3) is 5.91 Å². The smallest absolute Gasteiger partial charge is 0.271 e. The standard InChI is InChI=1S/C17H17ClN4O3/c1-11(21-22-17(24)12-4-3-7-19-10-12)8-16(23)20-13-5-6-15(25-2)14(18)9-13/h3-10,21H,1-2H3,(H,20,23)(H,22,24)/b11-8-. The highest BCUT2D eigenvalue weighted by Crippen LogP contribution is 2.27. The van der Waals surface area contributed by atoms with Gasteiger partial charge in [0.1, 0.15) is 5.75 Å². The molecule has 0 atom stereocenters. The Balaban J connectivity index is 1.89. The predicted molar refractivity (Wildman–Crippen MR) is 95.2 cm³/mol. The summed E-state index contributed by atoms with van der Waals surface area (Å²) in [7, 11) is 1.51. The van der Waals surface area contributed by atoms with Crippen LogP contribution in [0.2, 0.25) is 5.02 Å². The zero-order valence-corrected chi connectivity index (χ0v) is 14.4. The van der Waals surface area contributed by atoms with Crippen LogP contribution in [0.1, 0.15) is 17.3 Å². The second-order valence-electron chi connectivity index (χ2n) is 4.99. The molecular formula is C17H17ClN4O3. The number of hydrogen-bond donors (Lipinski definition) is 3. The summed E-state index contributed by atoms with van der Waals surface area (Å²) in [6.07, 6.45) is 4.32. The summed E-state index contributed by atoms with van der Waals surface area (Å²) < 4.78 is 5.05. The first kappa shape index (κ1) is 18.3. The molecule has 0 aliphatic heterocycles. The van der Waals surface area contributed by atoms with Gasteiger partial charge < -0.3 is 15.5 Å². The van der Waals surface area contributed by atoms with Crippen LogP contribution >= 0.6 is 11.6 Å². The molecule has 0 unspecified atom stereocenters. The molecule has 7 nitrogen and oxygen atoms in total. The van der Waals surface area contributed by atoms with Crippen LogP contribution in [0, 0.1) is 0 Å². The van der Waals surface area contributed by atoms with Crippen LogP contribution < -0.4 is 20.9 Å². The Kier molecular flexibility index (Phi) is 6.36. The van der Waals surface area contributed by atoms with Crippen molar-refractivity contribution in [1.82, 2.24) is 15.8 Å². The Morgan fingerprint density at radius 3 is 2.68 bits per heavy atom. The van der Waals surface area contributed by atoms with E-state index in [2.05, 4.69) is 21.2 Å². The molecule has 0 radical (unpaired) electrons. The van der Waals surface area contributed by atoms with Gasteiger partial charge in [0.2, 0.25) is 5.91 Å². The molecule has 1 heterocycles. The number of hydrazine groups is 1. The monoisotopic (exact) mass is 360 g/mol. The van der Waals surface area contributed by atoms with Crippen LogP contribution in [0.25, 0.3) is 0 Å². The number of amides is 2. The predicted octanol–water partition coefficient (Wildman–Crippen LogP) is 2.52. The summed E-state index contributed by atoms with van der Waals surface area (Å²) in [4.78, 5) is 27.7. The summed E-state index contributed by atoms with van der Waals surface area (Å²) in [5.74, 6) is -0.212. The van der Waals surface area contributed by atoms with E-state index in [0.29, 0.717) is 27.7 Å². The number of carbonyl (C=O) groups is 2. The molecule has 0 aliphatic rings. The van der Waals surface area contributed by atoms with E-state index in [-0.39, 0.29) is 11.8 Å². The maximum Gasteiger partial charge on any atom is 0.271 e. The van der Waals surface area contributed by atoms with Crippen molar-refractivity contribution in [3.63, 3.8) is 0 Å². The van der Waals surface area contributed by atoms with Gasteiger partial charge >= 0.3 is 0 Å². The third kappa shape index (κ3) is 5.50. The summed E-state index contributed by atoms with van der Waals surface area (Å²) in [6, 6.07) is 8.19. The number of carbonyl (C=O) groups excluding carboxylic acids is 2. The highest BCUT2D eigenvalue weighted by atomic mass is 35.5. The maximum absolute atomic E-state index is 12.0. The van der Waals surface area contributed by atoms with Gasteiger partial charge in [-0.1, -0.05) is 11.6 Å². The summed E-state index contributed by atoms with van der Waals surface area (Å²) >= 11 is 6.00. The molecular weight excluding hydrogens is 344 g/mol. The lowest BCUT2D eigenvalue weighted by atomic mass is 10.3. The number of nitrogens with one attached hydrogen (secondary N) is 3. The first-order chi connectivity index (χ1) is 12.0. The van der Waals surface area contributed by atoms with E-state index in [0.717, 1.165) is 0 Å². The number of pyridine rings is 1. The normalized spacial score (nSPS) is 10.8. The summed E-state index contributed by atoms with van der Waals surface area (Å²) in [5, 5.41) is 3.06. The summed E-state index contributed by atoms with van der Waals surface area (Å²) in [5.41, 5.74) is 6.51.